The number of aliphatic carboxylic acids is 1. The van der Waals surface area contributed by atoms with Crippen LogP contribution in [-0.2, 0) is 4.79 Å². The van der Waals surface area contributed by atoms with E-state index in [9.17, 15) is 9.59 Å². The Morgan fingerprint density at radius 1 is 1.39 bits per heavy atom. The minimum Gasteiger partial charge on any atom is -0.481 e. The maximum Gasteiger partial charge on any atom is 0.320 e. The second-order valence-electron chi connectivity index (χ2n) is 5.25. The molecule has 0 bridgehead atoms. The zero-order chi connectivity index (χ0) is 13.7. The average Bonchev–Trinajstić information content (AvgIpc) is 2.28. The van der Waals surface area contributed by atoms with Crippen LogP contribution >= 0.6 is 0 Å². The topological polar surface area (TPSA) is 60.9 Å². The summed E-state index contributed by atoms with van der Waals surface area (Å²) in [5.74, 6) is -0.861. The van der Waals surface area contributed by atoms with Crippen molar-refractivity contribution >= 4 is 12.0 Å². The number of nitrogens with zero attached hydrogens (tertiary/aromatic N) is 2. The number of amides is 2. The van der Waals surface area contributed by atoms with Crippen LogP contribution in [0.4, 0.5) is 4.79 Å². The number of likely N-dealkylation sites (tertiary alicyclic amines) is 1. The highest BCUT2D eigenvalue weighted by atomic mass is 16.4. The Hall–Kier alpha value is -1.26. The van der Waals surface area contributed by atoms with Gasteiger partial charge in [0, 0.05) is 25.2 Å². The van der Waals surface area contributed by atoms with Gasteiger partial charge in [0.05, 0.1) is 6.42 Å². The summed E-state index contributed by atoms with van der Waals surface area (Å²) in [6.45, 7) is 6.99. The smallest absolute Gasteiger partial charge is 0.320 e. The molecule has 1 saturated heterocycles. The monoisotopic (exact) mass is 256 g/mol. The molecule has 1 fully saturated rings. The summed E-state index contributed by atoms with van der Waals surface area (Å²) >= 11 is 0. The predicted octanol–water partition coefficient (Wildman–Crippen LogP) is 2.17. The van der Waals surface area contributed by atoms with Crippen LogP contribution in [0.2, 0.25) is 0 Å². The molecule has 0 aliphatic carbocycles. The summed E-state index contributed by atoms with van der Waals surface area (Å²) < 4.78 is 0. The van der Waals surface area contributed by atoms with E-state index in [2.05, 4.69) is 6.92 Å². The quantitative estimate of drug-likeness (QED) is 0.838. The molecule has 5 heteroatoms. The Morgan fingerprint density at radius 3 is 2.56 bits per heavy atom. The molecule has 0 saturated carbocycles. The van der Waals surface area contributed by atoms with Crippen LogP contribution in [0, 0.1) is 0 Å². The first kappa shape index (κ1) is 14.8. The van der Waals surface area contributed by atoms with Gasteiger partial charge in [-0.2, -0.15) is 0 Å². The van der Waals surface area contributed by atoms with Crippen LogP contribution in [0.3, 0.4) is 0 Å². The minimum absolute atomic E-state index is 0.00609. The lowest BCUT2D eigenvalue weighted by atomic mass is 10.0. The number of carboxylic acid groups (broad SMARTS) is 1. The van der Waals surface area contributed by atoms with Gasteiger partial charge in [-0.25, -0.2) is 4.79 Å². The Morgan fingerprint density at radius 2 is 2.06 bits per heavy atom. The van der Waals surface area contributed by atoms with E-state index in [4.69, 9.17) is 5.11 Å². The SMILES string of the molecule is CC(C)N(CCC(=O)O)C(=O)N1CCCCC1C. The van der Waals surface area contributed by atoms with Crippen molar-refractivity contribution in [3.05, 3.63) is 0 Å². The Bertz CT molecular complexity index is 305. The van der Waals surface area contributed by atoms with Gasteiger partial charge < -0.3 is 14.9 Å². The van der Waals surface area contributed by atoms with Crippen LogP contribution < -0.4 is 0 Å². The van der Waals surface area contributed by atoms with Crippen LogP contribution in [0.25, 0.3) is 0 Å². The second-order valence-corrected chi connectivity index (χ2v) is 5.25. The lowest BCUT2D eigenvalue weighted by Crippen LogP contribution is -2.51. The summed E-state index contributed by atoms with van der Waals surface area (Å²) in [4.78, 5) is 26.6. The molecule has 2 amide bonds. The molecule has 1 unspecified atom stereocenters. The molecule has 0 aromatic carbocycles. The molecule has 1 rings (SSSR count). The van der Waals surface area contributed by atoms with Crippen LogP contribution in [0.15, 0.2) is 0 Å². The van der Waals surface area contributed by atoms with Gasteiger partial charge >= 0.3 is 12.0 Å². The third-order valence-electron chi connectivity index (χ3n) is 3.48. The number of hydrogen-bond donors (Lipinski definition) is 1. The predicted molar refractivity (Wildman–Crippen MR) is 69.5 cm³/mol. The van der Waals surface area contributed by atoms with Gasteiger partial charge in [-0.1, -0.05) is 0 Å². The summed E-state index contributed by atoms with van der Waals surface area (Å²) in [6, 6.07) is 0.279. The van der Waals surface area contributed by atoms with Crippen molar-refractivity contribution in [2.24, 2.45) is 0 Å². The summed E-state index contributed by atoms with van der Waals surface area (Å²) in [5, 5.41) is 8.74. The molecule has 104 valence electrons. The number of piperidine rings is 1. The molecule has 0 radical (unpaired) electrons. The molecule has 18 heavy (non-hydrogen) atoms. The second kappa shape index (κ2) is 6.61. The molecule has 1 atom stereocenters. The molecule has 1 aliphatic heterocycles. The van der Waals surface area contributed by atoms with Crippen molar-refractivity contribution in [1.82, 2.24) is 9.80 Å². The molecule has 1 heterocycles. The maximum absolute atomic E-state index is 12.4. The van der Waals surface area contributed by atoms with E-state index in [-0.39, 0.29) is 31.1 Å². The van der Waals surface area contributed by atoms with E-state index in [0.717, 1.165) is 19.4 Å². The van der Waals surface area contributed by atoms with Gasteiger partial charge in [0.1, 0.15) is 0 Å². The summed E-state index contributed by atoms with van der Waals surface area (Å²) in [6.07, 6.45) is 3.26. The Kier molecular flexibility index (Phi) is 5.44. The minimum atomic E-state index is -0.861. The van der Waals surface area contributed by atoms with Gasteiger partial charge in [0.15, 0.2) is 0 Å². The first-order chi connectivity index (χ1) is 8.43. The molecule has 5 nitrogen and oxygen atoms in total. The van der Waals surface area contributed by atoms with Gasteiger partial charge in [0.2, 0.25) is 0 Å². The Labute approximate surface area is 109 Å². The fraction of sp³-hybridized carbons (Fsp3) is 0.846. The van der Waals surface area contributed by atoms with Crippen LogP contribution in [-0.4, -0.2) is 52.1 Å². The number of carbonyl (C=O) groups excluding carboxylic acids is 1. The van der Waals surface area contributed by atoms with E-state index in [1.165, 1.54) is 6.42 Å². The number of carboxylic acids is 1. The summed E-state index contributed by atoms with van der Waals surface area (Å²) in [5.41, 5.74) is 0. The fourth-order valence-electron chi connectivity index (χ4n) is 2.34. The largest absolute Gasteiger partial charge is 0.481 e. The van der Waals surface area contributed by atoms with Crippen molar-refractivity contribution in [2.45, 2.75) is 58.5 Å². The third kappa shape index (κ3) is 3.89. The lowest BCUT2D eigenvalue weighted by molar-refractivity contribution is -0.137. The summed E-state index contributed by atoms with van der Waals surface area (Å²) in [7, 11) is 0. The first-order valence-electron chi connectivity index (χ1n) is 6.72. The highest BCUT2D eigenvalue weighted by Gasteiger charge is 2.28. The van der Waals surface area contributed by atoms with Gasteiger partial charge in [0.25, 0.3) is 0 Å². The lowest BCUT2D eigenvalue weighted by Gasteiger charge is -2.38. The molecular formula is C13H24N2O3. The average molecular weight is 256 g/mol. The van der Waals surface area contributed by atoms with E-state index in [0.29, 0.717) is 0 Å². The molecule has 1 N–H and O–H groups in total. The zero-order valence-electron chi connectivity index (χ0n) is 11.6. The van der Waals surface area contributed by atoms with Crippen molar-refractivity contribution < 1.29 is 14.7 Å². The molecular weight excluding hydrogens is 232 g/mol. The van der Waals surface area contributed by atoms with Gasteiger partial charge in [-0.3, -0.25) is 4.79 Å². The van der Waals surface area contributed by atoms with Gasteiger partial charge in [-0.05, 0) is 40.0 Å². The number of rotatable bonds is 4. The molecule has 0 aromatic rings. The molecule has 0 aromatic heterocycles. The highest BCUT2D eigenvalue weighted by molar-refractivity contribution is 5.76. The highest BCUT2D eigenvalue weighted by Crippen LogP contribution is 2.19. The van der Waals surface area contributed by atoms with Crippen molar-refractivity contribution in [3.63, 3.8) is 0 Å². The standard InChI is InChI=1S/C13H24N2O3/c1-10(2)14(9-7-12(16)17)13(18)15-8-5-4-6-11(15)3/h10-11H,4-9H2,1-3H3,(H,16,17). The Balaban J connectivity index is 2.65. The first-order valence-corrected chi connectivity index (χ1v) is 6.72. The molecule has 0 spiro atoms. The number of urea groups is 1. The third-order valence-corrected chi connectivity index (χ3v) is 3.48. The number of carbonyl (C=O) groups is 2. The van der Waals surface area contributed by atoms with Crippen molar-refractivity contribution in [3.8, 4) is 0 Å². The van der Waals surface area contributed by atoms with Crippen molar-refractivity contribution in [2.75, 3.05) is 13.1 Å². The van der Waals surface area contributed by atoms with Crippen molar-refractivity contribution in [1.29, 1.82) is 0 Å². The van der Waals surface area contributed by atoms with E-state index in [1.54, 1.807) is 4.90 Å². The fourth-order valence-corrected chi connectivity index (χ4v) is 2.34. The number of hydrogen-bond acceptors (Lipinski definition) is 2. The molecule has 1 aliphatic rings. The normalized spacial score (nSPS) is 20.0. The van der Waals surface area contributed by atoms with Gasteiger partial charge in [-0.15, -0.1) is 0 Å². The van der Waals surface area contributed by atoms with E-state index in [1.807, 2.05) is 18.7 Å². The zero-order valence-corrected chi connectivity index (χ0v) is 11.6. The van der Waals surface area contributed by atoms with Crippen LogP contribution in [0.1, 0.15) is 46.5 Å². The van der Waals surface area contributed by atoms with E-state index < -0.39 is 5.97 Å². The van der Waals surface area contributed by atoms with E-state index >= 15 is 0 Å². The maximum atomic E-state index is 12.4. The van der Waals surface area contributed by atoms with Crippen LogP contribution in [0.5, 0.6) is 0 Å².